The molecule has 0 saturated carbocycles. The first kappa shape index (κ1) is 13.8. The van der Waals surface area contributed by atoms with E-state index in [2.05, 4.69) is 14.9 Å². The van der Waals surface area contributed by atoms with E-state index in [1.54, 1.807) is 12.1 Å². The van der Waals surface area contributed by atoms with Crippen LogP contribution in [0.5, 0.6) is 0 Å². The summed E-state index contributed by atoms with van der Waals surface area (Å²) >= 11 is 0. The zero-order chi connectivity index (χ0) is 14.7. The van der Waals surface area contributed by atoms with Crippen molar-refractivity contribution in [2.45, 2.75) is 25.3 Å². The summed E-state index contributed by atoms with van der Waals surface area (Å²) in [4.78, 5) is 14.6. The lowest BCUT2D eigenvalue weighted by Crippen LogP contribution is -2.27. The third kappa shape index (κ3) is 3.11. The summed E-state index contributed by atoms with van der Waals surface area (Å²) in [5.41, 5.74) is 2.44. The highest BCUT2D eigenvalue weighted by molar-refractivity contribution is 5.33. The summed E-state index contributed by atoms with van der Waals surface area (Å²) in [6, 6.07) is 6.72. The van der Waals surface area contributed by atoms with Gasteiger partial charge in [0, 0.05) is 36.5 Å². The summed E-state index contributed by atoms with van der Waals surface area (Å²) in [5.74, 6) is 0.548. The number of non-ortho nitro benzene ring substituents is 1. The molecule has 6 heteroatoms. The van der Waals surface area contributed by atoms with Gasteiger partial charge in [0.1, 0.15) is 0 Å². The molecule has 1 fully saturated rings. The first-order chi connectivity index (χ1) is 10.2. The fourth-order valence-electron chi connectivity index (χ4n) is 2.84. The van der Waals surface area contributed by atoms with Crippen LogP contribution in [0.15, 0.2) is 36.8 Å². The Balaban J connectivity index is 1.75. The van der Waals surface area contributed by atoms with Gasteiger partial charge >= 0.3 is 0 Å². The fourth-order valence-corrected chi connectivity index (χ4v) is 2.84. The van der Waals surface area contributed by atoms with E-state index in [-0.39, 0.29) is 10.6 Å². The smallest absolute Gasteiger partial charge is 0.269 e. The van der Waals surface area contributed by atoms with Gasteiger partial charge < -0.3 is 9.88 Å². The van der Waals surface area contributed by atoms with Crippen molar-refractivity contribution in [3.05, 3.63) is 58.2 Å². The lowest BCUT2D eigenvalue weighted by Gasteiger charge is -2.23. The molecule has 110 valence electrons. The molecule has 0 unspecified atom stereocenters. The molecule has 0 atom stereocenters. The van der Waals surface area contributed by atoms with E-state index < -0.39 is 0 Å². The molecular weight excluding hydrogens is 268 g/mol. The van der Waals surface area contributed by atoms with Crippen LogP contribution in [0, 0.1) is 10.1 Å². The van der Waals surface area contributed by atoms with Gasteiger partial charge in [-0.3, -0.25) is 10.1 Å². The highest BCUT2D eigenvalue weighted by atomic mass is 16.6. The van der Waals surface area contributed by atoms with Crippen molar-refractivity contribution in [2.75, 3.05) is 13.1 Å². The van der Waals surface area contributed by atoms with E-state index in [9.17, 15) is 10.1 Å². The number of nitrogens with zero attached hydrogens (tertiary/aromatic N) is 3. The second kappa shape index (κ2) is 6.05. The normalized spacial score (nSPS) is 16.0. The van der Waals surface area contributed by atoms with Gasteiger partial charge in [-0.1, -0.05) is 12.1 Å². The second-order valence-corrected chi connectivity index (χ2v) is 5.39. The lowest BCUT2D eigenvalue weighted by molar-refractivity contribution is -0.384. The Labute approximate surface area is 123 Å². The van der Waals surface area contributed by atoms with E-state index >= 15 is 0 Å². The number of hydrogen-bond acceptors (Lipinski definition) is 4. The van der Waals surface area contributed by atoms with Crippen molar-refractivity contribution in [3.63, 3.8) is 0 Å². The zero-order valence-corrected chi connectivity index (χ0v) is 11.7. The molecule has 1 aliphatic heterocycles. The first-order valence-electron chi connectivity index (χ1n) is 7.18. The Morgan fingerprint density at radius 1 is 1.29 bits per heavy atom. The van der Waals surface area contributed by atoms with E-state index in [0.29, 0.717) is 12.5 Å². The molecule has 0 amide bonds. The molecule has 0 bridgehead atoms. The molecular formula is C15H18N4O2. The van der Waals surface area contributed by atoms with Gasteiger partial charge in [0.2, 0.25) is 0 Å². The second-order valence-electron chi connectivity index (χ2n) is 5.39. The van der Waals surface area contributed by atoms with Crippen LogP contribution in [-0.2, 0) is 6.54 Å². The van der Waals surface area contributed by atoms with Crippen molar-refractivity contribution in [1.29, 1.82) is 0 Å². The molecule has 0 radical (unpaired) electrons. The van der Waals surface area contributed by atoms with Crippen molar-refractivity contribution < 1.29 is 4.92 Å². The van der Waals surface area contributed by atoms with Gasteiger partial charge in [-0.2, -0.15) is 0 Å². The predicted octanol–water partition coefficient (Wildman–Crippen LogP) is 2.31. The Kier molecular flexibility index (Phi) is 3.96. The number of nitrogens with one attached hydrogen (secondary N) is 1. The Bertz CT molecular complexity index is 615. The van der Waals surface area contributed by atoms with E-state index in [0.717, 1.165) is 31.5 Å². The van der Waals surface area contributed by atoms with Crippen molar-refractivity contribution in [3.8, 4) is 0 Å². The Morgan fingerprint density at radius 3 is 2.67 bits per heavy atom. The number of nitro groups is 1. The largest absolute Gasteiger partial charge is 0.330 e. The average Bonchev–Trinajstić information content (AvgIpc) is 2.97. The van der Waals surface area contributed by atoms with Gasteiger partial charge in [0.15, 0.2) is 0 Å². The van der Waals surface area contributed by atoms with Gasteiger partial charge in [-0.15, -0.1) is 0 Å². The maximum atomic E-state index is 10.7. The van der Waals surface area contributed by atoms with Gasteiger partial charge in [0.25, 0.3) is 5.69 Å². The highest BCUT2D eigenvalue weighted by Crippen LogP contribution is 2.25. The lowest BCUT2D eigenvalue weighted by atomic mass is 9.95. The van der Waals surface area contributed by atoms with E-state index in [4.69, 9.17) is 0 Å². The summed E-state index contributed by atoms with van der Waals surface area (Å²) in [5, 5.41) is 14.0. The van der Waals surface area contributed by atoms with Crippen LogP contribution in [0.3, 0.4) is 0 Å². The van der Waals surface area contributed by atoms with Gasteiger partial charge in [0.05, 0.1) is 11.3 Å². The van der Waals surface area contributed by atoms with Crippen molar-refractivity contribution >= 4 is 5.69 Å². The third-order valence-corrected chi connectivity index (χ3v) is 4.00. The summed E-state index contributed by atoms with van der Waals surface area (Å²) in [6.45, 7) is 2.80. The van der Waals surface area contributed by atoms with Crippen LogP contribution in [0.1, 0.15) is 30.0 Å². The molecule has 3 rings (SSSR count). The number of aromatic nitrogens is 2. The van der Waals surface area contributed by atoms with Gasteiger partial charge in [-0.25, -0.2) is 4.98 Å². The van der Waals surface area contributed by atoms with Crippen LogP contribution >= 0.6 is 0 Å². The molecule has 1 aromatic heterocycles. The number of rotatable bonds is 4. The van der Waals surface area contributed by atoms with E-state index in [1.165, 1.54) is 5.69 Å². The number of nitro benzene ring substituents is 1. The van der Waals surface area contributed by atoms with Crippen LogP contribution < -0.4 is 5.32 Å². The molecule has 1 aliphatic rings. The maximum absolute atomic E-state index is 10.7. The predicted molar refractivity (Wildman–Crippen MR) is 79.3 cm³/mol. The summed E-state index contributed by atoms with van der Waals surface area (Å²) in [6.07, 6.45) is 6.05. The quantitative estimate of drug-likeness (QED) is 0.691. The van der Waals surface area contributed by atoms with Crippen LogP contribution in [0.25, 0.3) is 0 Å². The molecule has 2 heterocycles. The molecule has 0 spiro atoms. The first-order valence-corrected chi connectivity index (χ1v) is 7.18. The van der Waals surface area contributed by atoms with Crippen LogP contribution in [0.2, 0.25) is 0 Å². The van der Waals surface area contributed by atoms with Crippen LogP contribution in [-0.4, -0.2) is 27.6 Å². The zero-order valence-electron chi connectivity index (χ0n) is 11.7. The number of benzene rings is 1. The average molecular weight is 286 g/mol. The topological polar surface area (TPSA) is 73.0 Å². The Morgan fingerprint density at radius 2 is 2.00 bits per heavy atom. The minimum atomic E-state index is -0.374. The molecule has 21 heavy (non-hydrogen) atoms. The fraction of sp³-hybridized carbons (Fsp3) is 0.400. The third-order valence-electron chi connectivity index (χ3n) is 4.00. The minimum absolute atomic E-state index is 0.128. The summed E-state index contributed by atoms with van der Waals surface area (Å²) < 4.78 is 2.15. The molecule has 2 aromatic rings. The SMILES string of the molecule is O=[N+]([O-])c1ccc(Cn2cncc2C2CCNCC2)cc1. The number of hydrogen-bond donors (Lipinski definition) is 1. The van der Waals surface area contributed by atoms with Gasteiger partial charge in [-0.05, 0) is 31.5 Å². The highest BCUT2D eigenvalue weighted by Gasteiger charge is 2.18. The molecule has 1 N–H and O–H groups in total. The minimum Gasteiger partial charge on any atom is -0.330 e. The molecule has 6 nitrogen and oxygen atoms in total. The number of piperidine rings is 1. The van der Waals surface area contributed by atoms with Crippen LogP contribution in [0.4, 0.5) is 5.69 Å². The van der Waals surface area contributed by atoms with Crippen molar-refractivity contribution in [1.82, 2.24) is 14.9 Å². The maximum Gasteiger partial charge on any atom is 0.269 e. The molecule has 0 aliphatic carbocycles. The Hall–Kier alpha value is -2.21. The number of imidazole rings is 1. The molecule has 1 saturated heterocycles. The van der Waals surface area contributed by atoms with Crippen molar-refractivity contribution in [2.24, 2.45) is 0 Å². The summed E-state index contributed by atoms with van der Waals surface area (Å²) in [7, 11) is 0. The van der Waals surface area contributed by atoms with E-state index in [1.807, 2.05) is 24.7 Å². The monoisotopic (exact) mass is 286 g/mol. The standard InChI is InChI=1S/C15H18N4O2/c20-19(21)14-3-1-12(2-4-14)10-18-11-17-9-15(18)13-5-7-16-8-6-13/h1-4,9,11,13,16H,5-8,10H2. The molecule has 1 aromatic carbocycles.